The Bertz CT molecular complexity index is 390. The maximum absolute atomic E-state index is 12.4. The number of aromatic nitrogens is 1. The van der Waals surface area contributed by atoms with E-state index >= 15 is 0 Å². The van der Waals surface area contributed by atoms with Gasteiger partial charge in [0.2, 0.25) is 0 Å². The topological polar surface area (TPSA) is 36.7 Å². The number of pyridine rings is 1. The van der Waals surface area contributed by atoms with Gasteiger partial charge in [-0.3, -0.25) is 0 Å². The van der Waals surface area contributed by atoms with E-state index in [-0.39, 0.29) is 12.1 Å². The van der Waals surface area contributed by atoms with Gasteiger partial charge in [0.25, 0.3) is 6.43 Å². The van der Waals surface area contributed by atoms with Gasteiger partial charge in [-0.25, -0.2) is 13.8 Å². The SMILES string of the molecule is N#CCc1cc(I)c(Br)c(C(F)F)n1. The van der Waals surface area contributed by atoms with E-state index in [1.807, 2.05) is 28.7 Å². The molecule has 0 amide bonds. The summed E-state index contributed by atoms with van der Waals surface area (Å²) in [6.07, 6.45) is -2.58. The summed E-state index contributed by atoms with van der Waals surface area (Å²) in [6, 6.07) is 3.48. The molecule has 1 aromatic rings. The second kappa shape index (κ2) is 4.98. The number of nitrogens with zero attached hydrogens (tertiary/aromatic N) is 2. The van der Waals surface area contributed by atoms with Gasteiger partial charge in [0.15, 0.2) is 0 Å². The first-order chi connectivity index (χ1) is 6.56. The third-order valence-electron chi connectivity index (χ3n) is 1.46. The van der Waals surface area contributed by atoms with E-state index in [4.69, 9.17) is 5.26 Å². The molecule has 2 nitrogen and oxygen atoms in total. The number of alkyl halides is 2. The highest BCUT2D eigenvalue weighted by Crippen LogP contribution is 2.30. The lowest BCUT2D eigenvalue weighted by atomic mass is 10.2. The van der Waals surface area contributed by atoms with Crippen molar-refractivity contribution < 1.29 is 8.78 Å². The van der Waals surface area contributed by atoms with E-state index in [1.165, 1.54) is 0 Å². The maximum atomic E-state index is 12.4. The molecule has 0 aromatic carbocycles. The number of nitriles is 1. The van der Waals surface area contributed by atoms with Gasteiger partial charge in [-0.1, -0.05) is 0 Å². The number of rotatable bonds is 2. The third kappa shape index (κ3) is 2.60. The van der Waals surface area contributed by atoms with Crippen molar-refractivity contribution in [2.75, 3.05) is 0 Å². The molecule has 1 heterocycles. The zero-order valence-corrected chi connectivity index (χ0v) is 10.5. The smallest absolute Gasteiger partial charge is 0.249 e. The van der Waals surface area contributed by atoms with Crippen LogP contribution in [0.1, 0.15) is 17.8 Å². The largest absolute Gasteiger partial charge is 0.281 e. The Morgan fingerprint density at radius 1 is 1.64 bits per heavy atom. The fourth-order valence-corrected chi connectivity index (χ4v) is 1.90. The van der Waals surface area contributed by atoms with Gasteiger partial charge in [-0.05, 0) is 44.6 Å². The van der Waals surface area contributed by atoms with Gasteiger partial charge in [0.05, 0.1) is 22.7 Å². The Morgan fingerprint density at radius 3 is 2.79 bits per heavy atom. The Labute approximate surface area is 102 Å². The molecular weight excluding hydrogens is 369 g/mol. The average molecular weight is 373 g/mol. The molecule has 0 atom stereocenters. The van der Waals surface area contributed by atoms with Crippen LogP contribution in [0.2, 0.25) is 0 Å². The fourth-order valence-electron chi connectivity index (χ4n) is 0.884. The van der Waals surface area contributed by atoms with Crippen LogP contribution in [0.3, 0.4) is 0 Å². The molecule has 0 fully saturated rings. The van der Waals surface area contributed by atoms with Crippen molar-refractivity contribution in [1.82, 2.24) is 4.98 Å². The molecule has 0 N–H and O–H groups in total. The van der Waals surface area contributed by atoms with Crippen molar-refractivity contribution in [2.24, 2.45) is 0 Å². The minimum atomic E-state index is -2.63. The van der Waals surface area contributed by atoms with Gasteiger partial charge in [0.1, 0.15) is 5.69 Å². The van der Waals surface area contributed by atoms with Gasteiger partial charge in [0, 0.05) is 3.57 Å². The maximum Gasteiger partial charge on any atom is 0.281 e. The van der Waals surface area contributed by atoms with E-state index in [9.17, 15) is 8.78 Å². The molecule has 1 rings (SSSR count). The summed E-state index contributed by atoms with van der Waals surface area (Å²) >= 11 is 4.95. The highest BCUT2D eigenvalue weighted by molar-refractivity contribution is 14.1. The lowest BCUT2D eigenvalue weighted by Gasteiger charge is -2.06. The van der Waals surface area contributed by atoms with Gasteiger partial charge < -0.3 is 0 Å². The second-order valence-electron chi connectivity index (χ2n) is 2.43. The van der Waals surface area contributed by atoms with Crippen LogP contribution >= 0.6 is 38.5 Å². The fraction of sp³-hybridized carbons (Fsp3) is 0.250. The van der Waals surface area contributed by atoms with Gasteiger partial charge >= 0.3 is 0 Å². The summed E-state index contributed by atoms with van der Waals surface area (Å²) in [6.45, 7) is 0. The molecule has 0 radical (unpaired) electrons. The van der Waals surface area contributed by atoms with Crippen molar-refractivity contribution in [3.8, 4) is 6.07 Å². The molecule has 0 bridgehead atoms. The first-order valence-corrected chi connectivity index (χ1v) is 5.43. The third-order valence-corrected chi connectivity index (χ3v) is 3.88. The first-order valence-electron chi connectivity index (χ1n) is 3.56. The standard InChI is InChI=1S/C8H4BrF2IN2/c9-6-5(12)3-4(1-2-13)14-7(6)8(10)11/h3,8H,1H2. The van der Waals surface area contributed by atoms with E-state index < -0.39 is 6.43 Å². The lowest BCUT2D eigenvalue weighted by Crippen LogP contribution is -1.99. The average Bonchev–Trinajstić information content (AvgIpc) is 2.11. The van der Waals surface area contributed by atoms with Crippen LogP contribution in [0.15, 0.2) is 10.5 Å². The first kappa shape index (κ1) is 11.8. The molecule has 1 aromatic heterocycles. The lowest BCUT2D eigenvalue weighted by molar-refractivity contribution is 0.145. The molecule has 0 unspecified atom stereocenters. The molecule has 0 aliphatic carbocycles. The predicted octanol–water partition coefficient (Wildman–Crippen LogP) is 3.45. The summed E-state index contributed by atoms with van der Waals surface area (Å²) in [5.41, 5.74) is 0.0672. The Hall–Kier alpha value is -0.290. The molecular formula is C8H4BrF2IN2. The summed E-state index contributed by atoms with van der Waals surface area (Å²) in [4.78, 5) is 3.70. The highest BCUT2D eigenvalue weighted by atomic mass is 127. The number of hydrogen-bond donors (Lipinski definition) is 0. The van der Waals surface area contributed by atoms with Crippen molar-refractivity contribution in [1.29, 1.82) is 5.26 Å². The van der Waals surface area contributed by atoms with E-state index in [1.54, 1.807) is 6.07 Å². The monoisotopic (exact) mass is 372 g/mol. The number of halogens is 4. The molecule has 0 spiro atoms. The van der Waals surface area contributed by atoms with Crippen LogP contribution in [0.25, 0.3) is 0 Å². The van der Waals surface area contributed by atoms with E-state index in [0.29, 0.717) is 13.7 Å². The molecule has 0 saturated carbocycles. The van der Waals surface area contributed by atoms with Crippen molar-refractivity contribution in [3.05, 3.63) is 25.5 Å². The quantitative estimate of drug-likeness (QED) is 0.745. The van der Waals surface area contributed by atoms with Crippen LogP contribution in [0.4, 0.5) is 8.78 Å². The van der Waals surface area contributed by atoms with Gasteiger partial charge in [-0.15, -0.1) is 0 Å². The van der Waals surface area contributed by atoms with Gasteiger partial charge in [-0.2, -0.15) is 5.26 Å². The molecule has 0 saturated heterocycles. The highest BCUT2D eigenvalue weighted by Gasteiger charge is 2.16. The minimum absolute atomic E-state index is 0.0446. The normalized spacial score (nSPS) is 10.3. The second-order valence-corrected chi connectivity index (χ2v) is 4.39. The minimum Gasteiger partial charge on any atom is -0.249 e. The Morgan fingerprint density at radius 2 is 2.29 bits per heavy atom. The number of hydrogen-bond acceptors (Lipinski definition) is 2. The summed E-state index contributed by atoms with van der Waals surface area (Å²) in [7, 11) is 0. The molecule has 0 aliphatic rings. The predicted molar refractivity (Wildman–Crippen MR) is 58.9 cm³/mol. The van der Waals surface area contributed by atoms with E-state index in [0.717, 1.165) is 0 Å². The van der Waals surface area contributed by atoms with Crippen molar-refractivity contribution in [2.45, 2.75) is 12.8 Å². The van der Waals surface area contributed by atoms with Crippen molar-refractivity contribution >= 4 is 38.5 Å². The van der Waals surface area contributed by atoms with Crippen LogP contribution < -0.4 is 0 Å². The van der Waals surface area contributed by atoms with Crippen LogP contribution in [-0.4, -0.2) is 4.98 Å². The summed E-state index contributed by atoms with van der Waals surface area (Å²) < 4.78 is 25.8. The Kier molecular flexibility index (Phi) is 4.19. The van der Waals surface area contributed by atoms with Crippen molar-refractivity contribution in [3.63, 3.8) is 0 Å². The zero-order valence-electron chi connectivity index (χ0n) is 6.77. The molecule has 74 valence electrons. The van der Waals surface area contributed by atoms with E-state index in [2.05, 4.69) is 20.9 Å². The molecule has 6 heteroatoms. The van der Waals surface area contributed by atoms with Crippen LogP contribution in [-0.2, 0) is 6.42 Å². The zero-order chi connectivity index (χ0) is 10.7. The van der Waals surface area contributed by atoms with Crippen LogP contribution in [0.5, 0.6) is 0 Å². The summed E-state index contributed by atoms with van der Waals surface area (Å²) in [5, 5.41) is 8.42. The molecule has 0 aliphatic heterocycles. The van der Waals surface area contributed by atoms with Crippen LogP contribution in [0, 0.1) is 14.9 Å². The Balaban J connectivity index is 3.22. The summed E-state index contributed by atoms with van der Waals surface area (Å²) in [5.74, 6) is 0. The molecule has 14 heavy (non-hydrogen) atoms.